The Labute approximate surface area is 156 Å². The average molecular weight is 379 g/mol. The number of carbonyl (C=O) groups excluding carboxylic acids is 1. The van der Waals surface area contributed by atoms with E-state index in [9.17, 15) is 14.9 Å². The van der Waals surface area contributed by atoms with Gasteiger partial charge in [0.1, 0.15) is 18.1 Å². The van der Waals surface area contributed by atoms with E-state index in [1.54, 1.807) is 44.3 Å². The van der Waals surface area contributed by atoms with E-state index < -0.39 is 4.92 Å². The molecule has 0 aliphatic rings. The van der Waals surface area contributed by atoms with Gasteiger partial charge in [-0.2, -0.15) is 0 Å². The third-order valence-electron chi connectivity index (χ3n) is 3.74. The van der Waals surface area contributed by atoms with Crippen LogP contribution in [-0.4, -0.2) is 42.5 Å². The van der Waals surface area contributed by atoms with Gasteiger partial charge in [-0.05, 0) is 37.3 Å². The Morgan fingerprint density at radius 1 is 1.19 bits per heavy atom. The fraction of sp³-hybridized carbons (Fsp3) is 0.278. The van der Waals surface area contributed by atoms with Gasteiger partial charge in [0.05, 0.1) is 17.0 Å². The molecule has 0 saturated carbocycles. The highest BCUT2D eigenvalue weighted by Gasteiger charge is 2.16. The molecule has 2 rings (SSSR count). The second-order valence-electron chi connectivity index (χ2n) is 5.56. The molecule has 8 heteroatoms. The lowest BCUT2D eigenvalue weighted by atomic mass is 10.2. The van der Waals surface area contributed by atoms with Crippen molar-refractivity contribution in [1.29, 1.82) is 0 Å². The highest BCUT2D eigenvalue weighted by Crippen LogP contribution is 2.26. The highest BCUT2D eigenvalue weighted by molar-refractivity contribution is 6.30. The summed E-state index contributed by atoms with van der Waals surface area (Å²) < 4.78 is 11.0. The molecule has 0 bridgehead atoms. The van der Waals surface area contributed by atoms with Crippen molar-refractivity contribution in [1.82, 2.24) is 4.90 Å². The molecule has 0 spiro atoms. The molecule has 138 valence electrons. The molecule has 1 amide bonds. The fourth-order valence-electron chi connectivity index (χ4n) is 2.16. The number of amides is 1. The van der Waals surface area contributed by atoms with Gasteiger partial charge >= 0.3 is 0 Å². The molecular weight excluding hydrogens is 360 g/mol. The highest BCUT2D eigenvalue weighted by atomic mass is 35.5. The SMILES string of the molecule is Cc1c(OCC(=O)N(C)CCOc2ccc(Cl)cc2)cccc1[N+](=O)[O-]. The molecule has 0 heterocycles. The minimum Gasteiger partial charge on any atom is -0.492 e. The molecule has 0 aliphatic heterocycles. The summed E-state index contributed by atoms with van der Waals surface area (Å²) >= 11 is 5.80. The van der Waals surface area contributed by atoms with Crippen LogP contribution in [0.15, 0.2) is 42.5 Å². The van der Waals surface area contributed by atoms with Gasteiger partial charge in [0, 0.05) is 18.1 Å². The van der Waals surface area contributed by atoms with Gasteiger partial charge in [-0.25, -0.2) is 0 Å². The molecule has 2 aromatic rings. The van der Waals surface area contributed by atoms with Crippen LogP contribution in [-0.2, 0) is 4.79 Å². The van der Waals surface area contributed by atoms with Gasteiger partial charge in [-0.15, -0.1) is 0 Å². The van der Waals surface area contributed by atoms with Crippen LogP contribution in [0.3, 0.4) is 0 Å². The summed E-state index contributed by atoms with van der Waals surface area (Å²) in [6.45, 7) is 2.07. The molecule has 0 aliphatic carbocycles. The lowest BCUT2D eigenvalue weighted by Gasteiger charge is -2.18. The Morgan fingerprint density at radius 2 is 1.88 bits per heavy atom. The normalized spacial score (nSPS) is 10.3. The standard InChI is InChI=1S/C18H19ClN2O5/c1-13-16(21(23)24)4-3-5-17(13)26-12-18(22)20(2)10-11-25-15-8-6-14(19)7-9-15/h3-9H,10-12H2,1-2H3. The first-order chi connectivity index (χ1) is 12.4. The number of hydrogen-bond donors (Lipinski definition) is 0. The lowest BCUT2D eigenvalue weighted by Crippen LogP contribution is -2.34. The molecule has 0 radical (unpaired) electrons. The predicted octanol–water partition coefficient (Wildman–Crippen LogP) is 3.47. The van der Waals surface area contributed by atoms with Crippen molar-refractivity contribution in [2.45, 2.75) is 6.92 Å². The Morgan fingerprint density at radius 3 is 2.54 bits per heavy atom. The van der Waals surface area contributed by atoms with E-state index >= 15 is 0 Å². The summed E-state index contributed by atoms with van der Waals surface area (Å²) in [5.74, 6) is 0.729. The Bertz CT molecular complexity index is 780. The molecular formula is C18H19ClN2O5. The number of nitrogens with zero attached hydrogens (tertiary/aromatic N) is 2. The first-order valence-electron chi connectivity index (χ1n) is 7.87. The van der Waals surface area contributed by atoms with Crippen molar-refractivity contribution >= 4 is 23.2 Å². The molecule has 7 nitrogen and oxygen atoms in total. The molecule has 26 heavy (non-hydrogen) atoms. The van der Waals surface area contributed by atoms with E-state index in [0.717, 1.165) is 0 Å². The number of halogens is 1. The minimum absolute atomic E-state index is 0.0420. The number of likely N-dealkylation sites (N-methyl/N-ethyl adjacent to an activating group) is 1. The molecule has 0 unspecified atom stereocenters. The van der Waals surface area contributed by atoms with Crippen LogP contribution in [0.2, 0.25) is 5.02 Å². The number of benzene rings is 2. The zero-order valence-electron chi connectivity index (χ0n) is 14.5. The van der Waals surface area contributed by atoms with Crippen LogP contribution < -0.4 is 9.47 Å². The van der Waals surface area contributed by atoms with Gasteiger partial charge in [0.25, 0.3) is 11.6 Å². The third kappa shape index (κ3) is 5.35. The van der Waals surface area contributed by atoms with Crippen molar-refractivity contribution in [3.05, 3.63) is 63.2 Å². The molecule has 0 N–H and O–H groups in total. The number of nitro groups is 1. The van der Waals surface area contributed by atoms with Gasteiger partial charge < -0.3 is 14.4 Å². The second-order valence-corrected chi connectivity index (χ2v) is 6.00. The zero-order valence-corrected chi connectivity index (χ0v) is 15.2. The Kier molecular flexibility index (Phi) is 6.80. The smallest absolute Gasteiger partial charge is 0.276 e. The maximum atomic E-state index is 12.1. The van der Waals surface area contributed by atoms with Crippen LogP contribution >= 0.6 is 11.6 Å². The van der Waals surface area contributed by atoms with Crippen molar-refractivity contribution in [2.24, 2.45) is 0 Å². The van der Waals surface area contributed by atoms with Crippen molar-refractivity contribution < 1.29 is 19.2 Å². The van der Waals surface area contributed by atoms with Crippen LogP contribution in [0, 0.1) is 17.0 Å². The molecule has 0 saturated heterocycles. The number of rotatable bonds is 8. The lowest BCUT2D eigenvalue weighted by molar-refractivity contribution is -0.385. The third-order valence-corrected chi connectivity index (χ3v) is 3.99. The molecule has 0 aromatic heterocycles. The number of hydrogen-bond acceptors (Lipinski definition) is 5. The van der Waals surface area contributed by atoms with E-state index in [1.165, 1.54) is 17.0 Å². The maximum Gasteiger partial charge on any atom is 0.276 e. The quantitative estimate of drug-likeness (QED) is 0.519. The van der Waals surface area contributed by atoms with E-state index in [1.807, 2.05) is 0 Å². The topological polar surface area (TPSA) is 81.9 Å². The van der Waals surface area contributed by atoms with Gasteiger partial charge in [0.2, 0.25) is 0 Å². The van der Waals surface area contributed by atoms with E-state index in [0.29, 0.717) is 35.2 Å². The summed E-state index contributed by atoms with van der Waals surface area (Å²) in [5.41, 5.74) is 0.346. The molecule has 2 aromatic carbocycles. The summed E-state index contributed by atoms with van der Waals surface area (Å²) in [6, 6.07) is 11.5. The fourth-order valence-corrected chi connectivity index (χ4v) is 2.29. The van der Waals surface area contributed by atoms with Crippen molar-refractivity contribution in [3.63, 3.8) is 0 Å². The monoisotopic (exact) mass is 378 g/mol. The Hall–Kier alpha value is -2.80. The summed E-state index contributed by atoms with van der Waals surface area (Å²) in [5, 5.41) is 11.6. The minimum atomic E-state index is -0.482. The number of carbonyl (C=O) groups is 1. The van der Waals surface area contributed by atoms with Crippen LogP contribution in [0.25, 0.3) is 0 Å². The average Bonchev–Trinajstić information content (AvgIpc) is 2.61. The molecule has 0 atom stereocenters. The predicted molar refractivity (Wildman–Crippen MR) is 97.9 cm³/mol. The van der Waals surface area contributed by atoms with Gasteiger partial charge in [-0.1, -0.05) is 17.7 Å². The second kappa shape index (κ2) is 9.05. The summed E-state index contributed by atoms with van der Waals surface area (Å²) in [6.07, 6.45) is 0. The summed E-state index contributed by atoms with van der Waals surface area (Å²) in [7, 11) is 1.64. The largest absolute Gasteiger partial charge is 0.492 e. The summed E-state index contributed by atoms with van der Waals surface area (Å²) in [4.78, 5) is 24.0. The van der Waals surface area contributed by atoms with Crippen molar-refractivity contribution in [2.75, 3.05) is 26.8 Å². The molecule has 0 fully saturated rings. The van der Waals surface area contributed by atoms with Crippen LogP contribution in [0.4, 0.5) is 5.69 Å². The van der Waals surface area contributed by atoms with E-state index in [-0.39, 0.29) is 18.2 Å². The van der Waals surface area contributed by atoms with Crippen molar-refractivity contribution in [3.8, 4) is 11.5 Å². The van der Waals surface area contributed by atoms with Gasteiger partial charge in [0.15, 0.2) is 6.61 Å². The van der Waals surface area contributed by atoms with Crippen LogP contribution in [0.1, 0.15) is 5.56 Å². The first-order valence-corrected chi connectivity index (χ1v) is 8.25. The van der Waals surface area contributed by atoms with E-state index in [4.69, 9.17) is 21.1 Å². The van der Waals surface area contributed by atoms with E-state index in [2.05, 4.69) is 0 Å². The van der Waals surface area contributed by atoms with Crippen LogP contribution in [0.5, 0.6) is 11.5 Å². The zero-order chi connectivity index (χ0) is 19.1. The number of ether oxygens (including phenoxy) is 2. The maximum absolute atomic E-state index is 12.1. The van der Waals surface area contributed by atoms with Gasteiger partial charge in [-0.3, -0.25) is 14.9 Å². The Balaban J connectivity index is 1.81. The first kappa shape index (κ1) is 19.5. The number of nitro benzene ring substituents is 1.